The Balaban J connectivity index is 2.42. The van der Waals surface area contributed by atoms with Gasteiger partial charge in [0.05, 0.1) is 11.1 Å². The van der Waals surface area contributed by atoms with E-state index in [4.69, 9.17) is 21.4 Å². The van der Waals surface area contributed by atoms with Crippen molar-refractivity contribution in [3.05, 3.63) is 27.7 Å². The van der Waals surface area contributed by atoms with Crippen LogP contribution in [0.1, 0.15) is 6.92 Å². The molecule has 6 heteroatoms. The molecule has 1 rings (SSSR count). The highest BCUT2D eigenvalue weighted by molar-refractivity contribution is 9.10. The summed E-state index contributed by atoms with van der Waals surface area (Å²) in [6, 6.07) is 5.13. The number of amides is 1. The summed E-state index contributed by atoms with van der Waals surface area (Å²) in [4.78, 5) is 11.3. The Hall–Kier alpha value is -0.780. The molecule has 0 aliphatic carbocycles. The highest BCUT2D eigenvalue weighted by Gasteiger charge is 2.06. The zero-order valence-corrected chi connectivity index (χ0v) is 11.6. The van der Waals surface area contributed by atoms with Crippen LogP contribution in [0.2, 0.25) is 5.02 Å². The molecule has 1 atom stereocenters. The molecule has 0 heterocycles. The molecule has 0 aromatic heterocycles. The summed E-state index contributed by atoms with van der Waals surface area (Å²) in [6.07, 6.45) is -0.574. The van der Waals surface area contributed by atoms with Gasteiger partial charge in [-0.05, 0) is 25.1 Å². The fourth-order valence-corrected chi connectivity index (χ4v) is 1.78. The Bertz CT molecular complexity index is 398. The number of ether oxygens (including phenoxy) is 1. The molecule has 0 fully saturated rings. The van der Waals surface area contributed by atoms with E-state index in [1.165, 1.54) is 0 Å². The second-order valence-corrected chi connectivity index (χ2v) is 4.84. The van der Waals surface area contributed by atoms with Crippen LogP contribution in [0.3, 0.4) is 0 Å². The summed E-state index contributed by atoms with van der Waals surface area (Å²) in [5.74, 6) is 0.145. The molecule has 1 aromatic carbocycles. The molecular formula is C11H13BrClNO3. The van der Waals surface area contributed by atoms with Crippen molar-refractivity contribution >= 4 is 33.4 Å². The average molecular weight is 323 g/mol. The molecule has 0 aliphatic rings. The Morgan fingerprint density at radius 3 is 2.94 bits per heavy atom. The van der Waals surface area contributed by atoms with Gasteiger partial charge in [-0.25, -0.2) is 0 Å². The van der Waals surface area contributed by atoms with Crippen molar-refractivity contribution in [2.75, 3.05) is 13.2 Å². The van der Waals surface area contributed by atoms with Crippen LogP contribution in [0.15, 0.2) is 22.7 Å². The first-order chi connectivity index (χ1) is 7.99. The van der Waals surface area contributed by atoms with Crippen LogP contribution in [0.4, 0.5) is 0 Å². The second kappa shape index (κ2) is 6.83. The number of aliphatic hydroxyl groups excluding tert-OH is 1. The molecule has 1 aromatic rings. The molecule has 0 saturated carbocycles. The van der Waals surface area contributed by atoms with Crippen LogP contribution >= 0.6 is 27.5 Å². The number of nitrogens with one attached hydrogen (secondary N) is 1. The van der Waals surface area contributed by atoms with Crippen LogP contribution in [0, 0.1) is 0 Å². The molecule has 0 unspecified atom stereocenters. The number of halogens is 2. The predicted molar refractivity (Wildman–Crippen MR) is 69.3 cm³/mol. The van der Waals surface area contributed by atoms with E-state index in [0.29, 0.717) is 10.8 Å². The lowest BCUT2D eigenvalue weighted by Gasteiger charge is -2.09. The van der Waals surface area contributed by atoms with Gasteiger partial charge < -0.3 is 15.2 Å². The molecule has 1 amide bonds. The monoisotopic (exact) mass is 321 g/mol. The van der Waals surface area contributed by atoms with Gasteiger partial charge in [-0.3, -0.25) is 4.79 Å². The van der Waals surface area contributed by atoms with E-state index in [1.54, 1.807) is 25.1 Å². The number of rotatable bonds is 5. The van der Waals surface area contributed by atoms with Crippen molar-refractivity contribution in [3.63, 3.8) is 0 Å². The van der Waals surface area contributed by atoms with E-state index in [1.807, 2.05) is 0 Å². The fraction of sp³-hybridized carbons (Fsp3) is 0.364. The van der Waals surface area contributed by atoms with E-state index in [2.05, 4.69) is 21.2 Å². The molecule has 0 bridgehead atoms. The Labute approximate surface area is 113 Å². The molecule has 4 nitrogen and oxygen atoms in total. The van der Waals surface area contributed by atoms with Gasteiger partial charge in [0, 0.05) is 11.0 Å². The molecule has 2 N–H and O–H groups in total. The number of benzene rings is 1. The van der Waals surface area contributed by atoms with E-state index in [9.17, 15) is 4.79 Å². The van der Waals surface area contributed by atoms with Crippen molar-refractivity contribution in [2.45, 2.75) is 13.0 Å². The van der Waals surface area contributed by atoms with Crippen LogP contribution in [0.5, 0.6) is 5.75 Å². The summed E-state index contributed by atoms with van der Waals surface area (Å²) in [6.45, 7) is 1.66. The van der Waals surface area contributed by atoms with Gasteiger partial charge in [0.25, 0.3) is 5.91 Å². The minimum absolute atomic E-state index is 0.131. The van der Waals surface area contributed by atoms with Gasteiger partial charge >= 0.3 is 0 Å². The first-order valence-corrected chi connectivity index (χ1v) is 6.18. The van der Waals surface area contributed by atoms with Crippen molar-refractivity contribution < 1.29 is 14.6 Å². The van der Waals surface area contributed by atoms with Gasteiger partial charge in [0.15, 0.2) is 6.61 Å². The molecule has 0 radical (unpaired) electrons. The van der Waals surface area contributed by atoms with Gasteiger partial charge in [-0.15, -0.1) is 0 Å². The lowest BCUT2D eigenvalue weighted by Crippen LogP contribution is -2.34. The number of carbonyl (C=O) groups excluding carboxylic acids is 1. The lowest BCUT2D eigenvalue weighted by molar-refractivity contribution is -0.123. The van der Waals surface area contributed by atoms with Crippen molar-refractivity contribution in [3.8, 4) is 5.75 Å². The second-order valence-electron chi connectivity index (χ2n) is 3.52. The lowest BCUT2D eigenvalue weighted by atomic mass is 10.3. The SMILES string of the molecule is C[C@H](O)CNC(=O)COc1ccc(Br)cc1Cl. The van der Waals surface area contributed by atoms with E-state index in [0.717, 1.165) is 4.47 Å². The molecule has 94 valence electrons. The molecular weight excluding hydrogens is 309 g/mol. The zero-order valence-electron chi connectivity index (χ0n) is 9.24. The average Bonchev–Trinajstić information content (AvgIpc) is 2.25. The minimum atomic E-state index is -0.574. The van der Waals surface area contributed by atoms with E-state index < -0.39 is 6.10 Å². The van der Waals surface area contributed by atoms with Crippen molar-refractivity contribution in [1.29, 1.82) is 0 Å². The van der Waals surface area contributed by atoms with Crippen LogP contribution in [-0.4, -0.2) is 30.3 Å². The quantitative estimate of drug-likeness (QED) is 0.871. The normalized spacial score (nSPS) is 12.0. The zero-order chi connectivity index (χ0) is 12.8. The maximum Gasteiger partial charge on any atom is 0.258 e. The maximum absolute atomic E-state index is 11.3. The van der Waals surface area contributed by atoms with Crippen molar-refractivity contribution in [2.24, 2.45) is 0 Å². The highest BCUT2D eigenvalue weighted by Crippen LogP contribution is 2.27. The minimum Gasteiger partial charge on any atom is -0.482 e. The van der Waals surface area contributed by atoms with Gasteiger partial charge in [-0.2, -0.15) is 0 Å². The van der Waals surface area contributed by atoms with Gasteiger partial charge in [0.2, 0.25) is 0 Å². The Morgan fingerprint density at radius 1 is 1.65 bits per heavy atom. The molecule has 0 saturated heterocycles. The third-order valence-electron chi connectivity index (χ3n) is 1.85. The van der Waals surface area contributed by atoms with Gasteiger partial charge in [0.1, 0.15) is 5.75 Å². The summed E-state index contributed by atoms with van der Waals surface area (Å²) in [5.41, 5.74) is 0. The predicted octanol–water partition coefficient (Wildman–Crippen LogP) is 1.98. The Kier molecular flexibility index (Phi) is 5.74. The van der Waals surface area contributed by atoms with Crippen LogP contribution < -0.4 is 10.1 Å². The van der Waals surface area contributed by atoms with E-state index >= 15 is 0 Å². The fourth-order valence-electron chi connectivity index (χ4n) is 1.05. The molecule has 0 aliphatic heterocycles. The van der Waals surface area contributed by atoms with Crippen LogP contribution in [-0.2, 0) is 4.79 Å². The Morgan fingerprint density at radius 2 is 2.35 bits per heavy atom. The first kappa shape index (κ1) is 14.3. The summed E-state index contributed by atoms with van der Waals surface area (Å²) in [7, 11) is 0. The standard InChI is InChI=1S/C11H13BrClNO3/c1-7(15)5-14-11(16)6-17-10-3-2-8(12)4-9(10)13/h2-4,7,15H,5-6H2,1H3,(H,14,16)/t7-/m0/s1. The number of carbonyl (C=O) groups is 1. The summed E-state index contributed by atoms with van der Waals surface area (Å²) < 4.78 is 6.08. The summed E-state index contributed by atoms with van der Waals surface area (Å²) >= 11 is 9.18. The summed E-state index contributed by atoms with van der Waals surface area (Å²) in [5, 5.41) is 11.9. The number of aliphatic hydroxyl groups is 1. The smallest absolute Gasteiger partial charge is 0.258 e. The number of hydrogen-bond acceptors (Lipinski definition) is 3. The van der Waals surface area contributed by atoms with E-state index in [-0.39, 0.29) is 19.1 Å². The third kappa shape index (κ3) is 5.39. The molecule has 17 heavy (non-hydrogen) atoms. The largest absolute Gasteiger partial charge is 0.482 e. The highest BCUT2D eigenvalue weighted by atomic mass is 79.9. The third-order valence-corrected chi connectivity index (χ3v) is 2.64. The molecule has 0 spiro atoms. The maximum atomic E-state index is 11.3. The topological polar surface area (TPSA) is 58.6 Å². The first-order valence-electron chi connectivity index (χ1n) is 5.01. The van der Waals surface area contributed by atoms with Crippen LogP contribution in [0.25, 0.3) is 0 Å². The van der Waals surface area contributed by atoms with Crippen molar-refractivity contribution in [1.82, 2.24) is 5.32 Å². The number of hydrogen-bond donors (Lipinski definition) is 2. The van der Waals surface area contributed by atoms with Gasteiger partial charge in [-0.1, -0.05) is 27.5 Å².